The number of nitrogens with zero attached hydrogens (tertiary/aromatic N) is 5. The van der Waals surface area contributed by atoms with Crippen LogP contribution in [0.3, 0.4) is 0 Å². The molecule has 3 heterocycles. The first-order chi connectivity index (χ1) is 10.5. The van der Waals surface area contributed by atoms with Gasteiger partial charge in [-0.05, 0) is 18.9 Å². The quantitative estimate of drug-likeness (QED) is 0.746. The lowest BCUT2D eigenvalue weighted by atomic mass is 10.1. The molecule has 0 amide bonds. The number of fused-ring (bicyclic) bond motifs is 1. The topological polar surface area (TPSA) is 48.5 Å². The van der Waals surface area contributed by atoms with Crippen molar-refractivity contribution in [2.24, 2.45) is 14.1 Å². The summed E-state index contributed by atoms with van der Waals surface area (Å²) < 4.78 is 30.4. The fourth-order valence-corrected chi connectivity index (χ4v) is 2.82. The molecule has 3 aromatic heterocycles. The van der Waals surface area contributed by atoms with E-state index in [1.807, 2.05) is 0 Å². The number of halogens is 2. The van der Waals surface area contributed by atoms with Crippen molar-refractivity contribution in [3.05, 3.63) is 29.7 Å². The number of pyridine rings is 1. The summed E-state index contributed by atoms with van der Waals surface area (Å²) in [6.45, 7) is 0. The van der Waals surface area contributed by atoms with Gasteiger partial charge in [0.15, 0.2) is 5.65 Å². The minimum Gasteiger partial charge on any atom is -0.275 e. The van der Waals surface area contributed by atoms with E-state index < -0.39 is 6.43 Å². The van der Waals surface area contributed by atoms with Crippen LogP contribution in [0.2, 0.25) is 0 Å². The van der Waals surface area contributed by atoms with E-state index in [4.69, 9.17) is 0 Å². The monoisotopic (exact) mass is 303 g/mol. The van der Waals surface area contributed by atoms with Crippen molar-refractivity contribution < 1.29 is 8.78 Å². The van der Waals surface area contributed by atoms with Gasteiger partial charge in [-0.15, -0.1) is 0 Å². The molecule has 0 aliphatic heterocycles. The zero-order valence-electron chi connectivity index (χ0n) is 12.3. The predicted octanol–water partition coefficient (Wildman–Crippen LogP) is 3.18. The lowest BCUT2D eigenvalue weighted by molar-refractivity contribution is 0.153. The maximum Gasteiger partial charge on any atom is 0.264 e. The van der Waals surface area contributed by atoms with E-state index in [-0.39, 0.29) is 5.56 Å². The molecule has 5 nitrogen and oxygen atoms in total. The average molecular weight is 303 g/mol. The molecule has 1 saturated carbocycles. The lowest BCUT2D eigenvalue weighted by Gasteiger charge is -2.06. The summed E-state index contributed by atoms with van der Waals surface area (Å²) in [5, 5.41) is 9.04. The smallest absolute Gasteiger partial charge is 0.264 e. The molecule has 4 rings (SSSR count). The molecule has 1 fully saturated rings. The van der Waals surface area contributed by atoms with Crippen molar-refractivity contribution in [2.75, 3.05) is 0 Å². The van der Waals surface area contributed by atoms with E-state index in [0.717, 1.165) is 24.1 Å². The number of aromatic nitrogens is 5. The molecule has 1 aliphatic rings. The maximum atomic E-state index is 13.6. The highest BCUT2D eigenvalue weighted by Crippen LogP contribution is 2.44. The van der Waals surface area contributed by atoms with Crippen LogP contribution >= 0.6 is 0 Å². The number of hydrogen-bond acceptors (Lipinski definition) is 3. The van der Waals surface area contributed by atoms with Crippen LogP contribution in [-0.4, -0.2) is 24.5 Å². The first-order valence-corrected chi connectivity index (χ1v) is 7.19. The Morgan fingerprint density at radius 2 is 2.05 bits per heavy atom. The summed E-state index contributed by atoms with van der Waals surface area (Å²) in [5.41, 5.74) is 2.51. The fourth-order valence-electron chi connectivity index (χ4n) is 2.82. The lowest BCUT2D eigenvalue weighted by Crippen LogP contribution is -1.96. The molecule has 3 aromatic rings. The molecule has 0 N–H and O–H groups in total. The van der Waals surface area contributed by atoms with E-state index >= 15 is 0 Å². The van der Waals surface area contributed by atoms with Crippen LogP contribution in [0.15, 0.2) is 18.5 Å². The van der Waals surface area contributed by atoms with Gasteiger partial charge in [0.1, 0.15) is 0 Å². The van der Waals surface area contributed by atoms with Crippen molar-refractivity contribution in [3.63, 3.8) is 0 Å². The van der Waals surface area contributed by atoms with E-state index in [1.165, 1.54) is 6.07 Å². The minimum atomic E-state index is -2.55. The van der Waals surface area contributed by atoms with Crippen LogP contribution in [0.25, 0.3) is 22.3 Å². The summed E-state index contributed by atoms with van der Waals surface area (Å²) in [5.74, 6) is 0.298. The first kappa shape index (κ1) is 13.4. The Bertz CT molecular complexity index is 860. The van der Waals surface area contributed by atoms with Gasteiger partial charge < -0.3 is 0 Å². The van der Waals surface area contributed by atoms with Gasteiger partial charge in [-0.25, -0.2) is 13.8 Å². The Kier molecular flexibility index (Phi) is 2.79. The van der Waals surface area contributed by atoms with Crippen LogP contribution in [0, 0.1) is 0 Å². The van der Waals surface area contributed by atoms with E-state index in [9.17, 15) is 8.78 Å². The second kappa shape index (κ2) is 4.59. The minimum absolute atomic E-state index is 0.0128. The average Bonchev–Trinajstić information content (AvgIpc) is 3.16. The van der Waals surface area contributed by atoms with E-state index in [0.29, 0.717) is 22.6 Å². The fraction of sp³-hybridized carbons (Fsp3) is 0.400. The summed E-state index contributed by atoms with van der Waals surface area (Å²) in [4.78, 5) is 4.55. The predicted molar refractivity (Wildman–Crippen MR) is 77.6 cm³/mol. The van der Waals surface area contributed by atoms with Gasteiger partial charge in [0.25, 0.3) is 6.43 Å². The van der Waals surface area contributed by atoms with Crippen molar-refractivity contribution in [1.29, 1.82) is 0 Å². The van der Waals surface area contributed by atoms with Gasteiger partial charge in [-0.2, -0.15) is 10.2 Å². The van der Waals surface area contributed by atoms with Gasteiger partial charge >= 0.3 is 0 Å². The highest BCUT2D eigenvalue weighted by molar-refractivity contribution is 5.86. The Morgan fingerprint density at radius 1 is 1.27 bits per heavy atom. The number of rotatable bonds is 3. The molecule has 0 bridgehead atoms. The van der Waals surface area contributed by atoms with E-state index in [1.54, 1.807) is 35.9 Å². The highest BCUT2D eigenvalue weighted by Gasteiger charge is 2.32. The Hall–Kier alpha value is -2.31. The molecule has 1 aliphatic carbocycles. The summed E-state index contributed by atoms with van der Waals surface area (Å²) in [6.07, 6.45) is 2.86. The van der Waals surface area contributed by atoms with Gasteiger partial charge in [-0.1, -0.05) is 0 Å². The number of alkyl halides is 2. The van der Waals surface area contributed by atoms with E-state index in [2.05, 4.69) is 15.2 Å². The van der Waals surface area contributed by atoms with Crippen molar-refractivity contribution in [3.8, 4) is 11.3 Å². The number of aryl methyl sites for hydroxylation is 2. The highest BCUT2D eigenvalue weighted by atomic mass is 19.3. The van der Waals surface area contributed by atoms with Gasteiger partial charge in [0, 0.05) is 37.3 Å². The summed E-state index contributed by atoms with van der Waals surface area (Å²) >= 11 is 0. The molecule has 0 spiro atoms. The molecule has 22 heavy (non-hydrogen) atoms. The van der Waals surface area contributed by atoms with Crippen molar-refractivity contribution in [1.82, 2.24) is 24.5 Å². The van der Waals surface area contributed by atoms with Crippen LogP contribution in [0.4, 0.5) is 8.78 Å². The maximum absolute atomic E-state index is 13.6. The van der Waals surface area contributed by atoms with Gasteiger partial charge in [-0.3, -0.25) is 9.36 Å². The second-order valence-electron chi connectivity index (χ2n) is 5.78. The van der Waals surface area contributed by atoms with Crippen molar-refractivity contribution >= 4 is 11.0 Å². The molecule has 0 saturated heterocycles. The third-order valence-electron chi connectivity index (χ3n) is 4.05. The zero-order chi connectivity index (χ0) is 15.4. The summed E-state index contributed by atoms with van der Waals surface area (Å²) in [6, 6.07) is 1.47. The first-order valence-electron chi connectivity index (χ1n) is 7.19. The second-order valence-corrected chi connectivity index (χ2v) is 5.78. The van der Waals surface area contributed by atoms with Gasteiger partial charge in [0.05, 0.1) is 23.0 Å². The molecule has 0 unspecified atom stereocenters. The Labute approximate surface area is 125 Å². The molecule has 0 aromatic carbocycles. The molecular formula is C15H15F2N5. The molecule has 0 radical (unpaired) electrons. The van der Waals surface area contributed by atoms with Crippen molar-refractivity contribution in [2.45, 2.75) is 25.2 Å². The Morgan fingerprint density at radius 3 is 2.64 bits per heavy atom. The van der Waals surface area contributed by atoms with Crippen LogP contribution in [0.1, 0.15) is 36.4 Å². The van der Waals surface area contributed by atoms with Crippen LogP contribution in [-0.2, 0) is 14.1 Å². The number of hydrogen-bond donors (Lipinski definition) is 0. The largest absolute Gasteiger partial charge is 0.275 e. The third-order valence-corrected chi connectivity index (χ3v) is 4.05. The van der Waals surface area contributed by atoms with Crippen LogP contribution in [0.5, 0.6) is 0 Å². The Balaban J connectivity index is 2.00. The molecule has 114 valence electrons. The normalized spacial score (nSPS) is 15.1. The van der Waals surface area contributed by atoms with Gasteiger partial charge in [0.2, 0.25) is 0 Å². The molecule has 0 atom stereocenters. The van der Waals surface area contributed by atoms with Crippen LogP contribution < -0.4 is 0 Å². The SMILES string of the molecule is Cn1cc(-c2cc(C(F)F)c3c(C4CC4)nn(C)c3n2)cn1. The standard InChI is InChI=1S/C15H15F2N5/c1-21-7-9(6-18-21)11-5-10(14(16)17)12-13(8-3-4-8)20-22(2)15(12)19-11/h5-8,14H,3-4H2,1-2H3. The molecule has 7 heteroatoms. The third kappa shape index (κ3) is 2.00. The summed E-state index contributed by atoms with van der Waals surface area (Å²) in [7, 11) is 3.54. The molecular weight excluding hydrogens is 288 g/mol. The zero-order valence-corrected chi connectivity index (χ0v) is 12.3.